The molecule has 0 aliphatic carbocycles. The highest BCUT2D eigenvalue weighted by atomic mass is 17.2. The van der Waals surface area contributed by atoms with E-state index in [-0.39, 0.29) is 6.79 Å². The molecule has 0 saturated carbocycles. The van der Waals surface area contributed by atoms with Gasteiger partial charge in [0.25, 0.3) is 5.95 Å². The second-order valence-corrected chi connectivity index (χ2v) is 4.06. The third kappa shape index (κ3) is 1.49. The number of fused-ring (bicyclic) bond motifs is 4. The van der Waals surface area contributed by atoms with E-state index in [0.717, 1.165) is 5.56 Å². The van der Waals surface area contributed by atoms with Crippen LogP contribution < -0.4 is 24.0 Å². The van der Waals surface area contributed by atoms with Crippen LogP contribution in [-0.4, -0.2) is 13.4 Å². The van der Waals surface area contributed by atoms with E-state index in [1.54, 1.807) is 18.2 Å². The van der Waals surface area contributed by atoms with Crippen LogP contribution in [0.1, 0.15) is 6.92 Å². The molecule has 6 heteroatoms. The molecular weight excluding hydrogens is 252 g/mol. The van der Waals surface area contributed by atoms with Crippen LogP contribution in [-0.2, 0) is 0 Å². The summed E-state index contributed by atoms with van der Waals surface area (Å²) >= 11 is 0. The summed E-state index contributed by atoms with van der Waals surface area (Å²) in [5.74, 6) is 3.24. The van der Waals surface area contributed by atoms with E-state index in [1.807, 2.05) is 6.92 Å². The monoisotopic (exact) mass is 262 g/mol. The van der Waals surface area contributed by atoms with Gasteiger partial charge in [0, 0.05) is 6.07 Å². The molecule has 2 aliphatic rings. The fourth-order valence-electron chi connectivity index (χ4n) is 2.08. The predicted octanol–water partition coefficient (Wildman–Crippen LogP) is 2.76. The second-order valence-electron chi connectivity index (χ2n) is 4.06. The molecule has 0 N–H and O–H groups in total. The van der Waals surface area contributed by atoms with E-state index in [1.165, 1.54) is 0 Å². The highest BCUT2D eigenvalue weighted by Crippen LogP contribution is 2.49. The molecule has 0 spiro atoms. The van der Waals surface area contributed by atoms with Gasteiger partial charge in [0.05, 0.1) is 18.2 Å². The summed E-state index contributed by atoms with van der Waals surface area (Å²) in [4.78, 5) is 10.4. The minimum atomic E-state index is 0.203. The average Bonchev–Trinajstić information content (AvgIpc) is 3.01. The number of hydrogen-bond acceptors (Lipinski definition) is 6. The Hall–Kier alpha value is -2.50. The normalized spacial score (nSPS) is 14.2. The molecule has 0 fully saturated rings. The van der Waals surface area contributed by atoms with Crippen LogP contribution in [0.15, 0.2) is 22.6 Å². The lowest BCUT2D eigenvalue weighted by Gasteiger charge is -2.14. The average molecular weight is 262 g/mol. The van der Waals surface area contributed by atoms with E-state index < -0.39 is 0 Å². The van der Waals surface area contributed by atoms with Crippen molar-refractivity contribution in [1.29, 1.82) is 0 Å². The van der Waals surface area contributed by atoms with Gasteiger partial charge in [-0.15, -0.1) is 0 Å². The fraction of sp³-hybridized carbons (Fsp3) is 0.231. The molecule has 3 heterocycles. The quantitative estimate of drug-likeness (QED) is 0.775. The molecular formula is C13H10O6. The smallest absolute Gasteiger partial charge is 0.288 e. The second kappa shape index (κ2) is 3.74. The SMILES string of the molecule is CCOc1cc2c(o1)-c1cc3c(cc1OO2)OCO3. The molecule has 6 nitrogen and oxygen atoms in total. The van der Waals surface area contributed by atoms with Gasteiger partial charge in [-0.3, -0.25) is 9.78 Å². The number of furan rings is 1. The van der Waals surface area contributed by atoms with Crippen molar-refractivity contribution >= 4 is 0 Å². The van der Waals surface area contributed by atoms with Crippen LogP contribution in [0.3, 0.4) is 0 Å². The first-order valence-corrected chi connectivity index (χ1v) is 5.90. The third-order valence-electron chi connectivity index (χ3n) is 2.90. The summed E-state index contributed by atoms with van der Waals surface area (Å²) in [6.07, 6.45) is 0. The van der Waals surface area contributed by atoms with Crippen molar-refractivity contribution in [2.24, 2.45) is 0 Å². The molecule has 4 rings (SSSR count). The molecule has 0 bridgehead atoms. The van der Waals surface area contributed by atoms with Gasteiger partial charge < -0.3 is 18.6 Å². The van der Waals surface area contributed by atoms with Gasteiger partial charge in [-0.05, 0) is 13.0 Å². The fourth-order valence-corrected chi connectivity index (χ4v) is 2.08. The van der Waals surface area contributed by atoms with Crippen molar-refractivity contribution in [2.45, 2.75) is 6.92 Å². The molecule has 0 atom stereocenters. The van der Waals surface area contributed by atoms with Gasteiger partial charge >= 0.3 is 0 Å². The minimum absolute atomic E-state index is 0.203. The van der Waals surface area contributed by atoms with Crippen molar-refractivity contribution in [3.8, 4) is 40.3 Å². The molecule has 1 aromatic carbocycles. The van der Waals surface area contributed by atoms with Crippen LogP contribution in [0, 0.1) is 0 Å². The summed E-state index contributed by atoms with van der Waals surface area (Å²) < 4.78 is 21.5. The molecule has 2 aliphatic heterocycles. The van der Waals surface area contributed by atoms with Gasteiger partial charge in [-0.2, -0.15) is 0 Å². The molecule has 0 amide bonds. The van der Waals surface area contributed by atoms with Crippen LogP contribution >= 0.6 is 0 Å². The maximum Gasteiger partial charge on any atom is 0.288 e. The summed E-state index contributed by atoms with van der Waals surface area (Å²) in [6.45, 7) is 2.60. The highest BCUT2D eigenvalue weighted by molar-refractivity contribution is 5.76. The Kier molecular flexibility index (Phi) is 2.05. The standard InChI is InChI=1S/C13H10O6/c1-2-14-12-5-11-13(17-12)7-3-9-10(16-6-15-9)4-8(7)18-19-11/h3-5H,2,6H2,1H3. The van der Waals surface area contributed by atoms with Crippen LogP contribution in [0.4, 0.5) is 0 Å². The van der Waals surface area contributed by atoms with E-state index in [4.69, 9.17) is 28.4 Å². The maximum absolute atomic E-state index is 5.61. The first kappa shape index (κ1) is 10.4. The molecule has 19 heavy (non-hydrogen) atoms. The number of ether oxygens (including phenoxy) is 3. The molecule has 0 unspecified atom stereocenters. The lowest BCUT2D eigenvalue weighted by atomic mass is 10.1. The lowest BCUT2D eigenvalue weighted by molar-refractivity contribution is -0.103. The third-order valence-corrected chi connectivity index (χ3v) is 2.90. The van der Waals surface area contributed by atoms with Gasteiger partial charge in [0.15, 0.2) is 23.0 Å². The van der Waals surface area contributed by atoms with Crippen LogP contribution in [0.25, 0.3) is 11.3 Å². The molecule has 2 aromatic rings. The Morgan fingerprint density at radius 3 is 2.63 bits per heavy atom. The van der Waals surface area contributed by atoms with E-state index in [0.29, 0.717) is 41.3 Å². The Labute approximate surface area is 108 Å². The lowest BCUT2D eigenvalue weighted by Crippen LogP contribution is -2.06. The van der Waals surface area contributed by atoms with E-state index in [2.05, 4.69) is 0 Å². The van der Waals surface area contributed by atoms with Crippen molar-refractivity contribution in [3.05, 3.63) is 18.2 Å². The van der Waals surface area contributed by atoms with Crippen molar-refractivity contribution in [2.75, 3.05) is 13.4 Å². The predicted molar refractivity (Wildman–Crippen MR) is 62.7 cm³/mol. The largest absolute Gasteiger partial charge is 0.465 e. The molecule has 0 radical (unpaired) electrons. The Morgan fingerprint density at radius 2 is 1.79 bits per heavy atom. The van der Waals surface area contributed by atoms with Crippen LogP contribution in [0.5, 0.6) is 28.9 Å². The van der Waals surface area contributed by atoms with Crippen molar-refractivity contribution in [3.63, 3.8) is 0 Å². The van der Waals surface area contributed by atoms with E-state index in [9.17, 15) is 0 Å². The summed E-state index contributed by atoms with van der Waals surface area (Å²) in [5.41, 5.74) is 0.747. The molecule has 98 valence electrons. The van der Waals surface area contributed by atoms with Gasteiger partial charge in [0.1, 0.15) is 0 Å². The van der Waals surface area contributed by atoms with Crippen molar-refractivity contribution in [1.82, 2.24) is 0 Å². The van der Waals surface area contributed by atoms with Gasteiger partial charge in [0.2, 0.25) is 12.5 Å². The van der Waals surface area contributed by atoms with Gasteiger partial charge in [-0.1, -0.05) is 0 Å². The highest BCUT2D eigenvalue weighted by Gasteiger charge is 2.29. The Balaban J connectivity index is 1.84. The molecule has 1 aromatic heterocycles. The number of hydrogen-bond donors (Lipinski definition) is 0. The summed E-state index contributed by atoms with van der Waals surface area (Å²) in [6, 6.07) is 5.16. The van der Waals surface area contributed by atoms with Crippen molar-refractivity contribution < 1.29 is 28.4 Å². The zero-order chi connectivity index (χ0) is 12.8. The number of rotatable bonds is 2. The summed E-state index contributed by atoms with van der Waals surface area (Å²) in [5, 5.41) is 0. The maximum atomic E-state index is 5.61. The topological polar surface area (TPSA) is 59.3 Å². The minimum Gasteiger partial charge on any atom is -0.465 e. The first-order valence-electron chi connectivity index (χ1n) is 5.90. The van der Waals surface area contributed by atoms with E-state index >= 15 is 0 Å². The zero-order valence-corrected chi connectivity index (χ0v) is 10.1. The summed E-state index contributed by atoms with van der Waals surface area (Å²) in [7, 11) is 0. The first-order chi connectivity index (χ1) is 9.35. The Morgan fingerprint density at radius 1 is 1.00 bits per heavy atom. The zero-order valence-electron chi connectivity index (χ0n) is 10.1. The van der Waals surface area contributed by atoms with Gasteiger partial charge in [-0.25, -0.2) is 0 Å². The van der Waals surface area contributed by atoms with Crippen LogP contribution in [0.2, 0.25) is 0 Å². The number of benzene rings is 1. The molecule has 0 saturated heterocycles. The Bertz CT molecular complexity index is 645.